The summed E-state index contributed by atoms with van der Waals surface area (Å²) in [5.41, 5.74) is 14.2. The van der Waals surface area contributed by atoms with Crippen LogP contribution in [-0.2, 0) is 17.8 Å². The number of primary amides is 1. The molecular formula is C28H29N5O4S. The first-order chi connectivity index (χ1) is 18.3. The van der Waals surface area contributed by atoms with E-state index in [1.54, 1.807) is 19.1 Å². The molecule has 196 valence electrons. The summed E-state index contributed by atoms with van der Waals surface area (Å²) in [6.07, 6.45) is 0.474. The zero-order valence-corrected chi connectivity index (χ0v) is 22.0. The first-order valence-electron chi connectivity index (χ1n) is 12.0. The van der Waals surface area contributed by atoms with Crippen molar-refractivity contribution in [2.75, 3.05) is 12.3 Å². The summed E-state index contributed by atoms with van der Waals surface area (Å²) in [6.45, 7) is 4.20. The number of anilines is 1. The van der Waals surface area contributed by atoms with E-state index in [1.165, 1.54) is 4.90 Å². The first-order valence-corrected chi connectivity index (χ1v) is 12.8. The van der Waals surface area contributed by atoms with Crippen molar-refractivity contribution in [2.45, 2.75) is 32.9 Å². The summed E-state index contributed by atoms with van der Waals surface area (Å²) in [4.78, 5) is 40.8. The minimum atomic E-state index is -1.09. The fraction of sp³-hybridized carbons (Fsp3) is 0.214. The van der Waals surface area contributed by atoms with E-state index in [4.69, 9.17) is 15.9 Å². The minimum absolute atomic E-state index is 0.0349. The molecule has 0 saturated carbocycles. The fourth-order valence-electron chi connectivity index (χ4n) is 4.15. The van der Waals surface area contributed by atoms with Gasteiger partial charge in [0.05, 0.1) is 5.69 Å². The van der Waals surface area contributed by atoms with Crippen molar-refractivity contribution in [3.8, 4) is 0 Å². The summed E-state index contributed by atoms with van der Waals surface area (Å²) in [5, 5.41) is 2.93. The number of benzene rings is 2. The molecule has 0 spiro atoms. The topological polar surface area (TPSA) is 145 Å². The molecule has 38 heavy (non-hydrogen) atoms. The van der Waals surface area contributed by atoms with Gasteiger partial charge >= 0.3 is 0 Å². The van der Waals surface area contributed by atoms with E-state index in [1.807, 2.05) is 61.5 Å². The Labute approximate surface area is 224 Å². The van der Waals surface area contributed by atoms with Crippen LogP contribution < -0.4 is 16.8 Å². The molecule has 0 aliphatic heterocycles. The fourth-order valence-corrected chi connectivity index (χ4v) is 4.91. The standard InChI is InChI=1S/C28H29N5O4S/c1-17-8-6-7-11-20(17)14-15-33(28(36)25-22(29)23(26(30)34)32-38-25)24(21-13-12-18(2)37-21)27(35)31-16-19-9-4-3-5-10-19/h3-13,24H,14-16,29H2,1-2H3,(H2,30,34)(H,31,35)/t24-/m1/s1. The summed E-state index contributed by atoms with van der Waals surface area (Å²) in [5.74, 6) is -0.887. The van der Waals surface area contributed by atoms with Gasteiger partial charge in [-0.15, -0.1) is 0 Å². The summed E-state index contributed by atoms with van der Waals surface area (Å²) >= 11 is 0.776. The van der Waals surface area contributed by atoms with Crippen molar-refractivity contribution >= 4 is 34.9 Å². The second-order valence-electron chi connectivity index (χ2n) is 8.87. The number of nitrogens with zero attached hydrogens (tertiary/aromatic N) is 2. The number of carbonyl (C=O) groups excluding carboxylic acids is 3. The second-order valence-corrected chi connectivity index (χ2v) is 9.64. The monoisotopic (exact) mass is 531 g/mol. The third-order valence-corrected chi connectivity index (χ3v) is 7.05. The Bertz CT molecular complexity index is 1450. The first kappa shape index (κ1) is 26.6. The number of aromatic nitrogens is 1. The van der Waals surface area contributed by atoms with Crippen molar-refractivity contribution in [1.29, 1.82) is 0 Å². The van der Waals surface area contributed by atoms with Crippen molar-refractivity contribution in [3.63, 3.8) is 0 Å². The van der Waals surface area contributed by atoms with Gasteiger partial charge in [0.1, 0.15) is 16.4 Å². The highest BCUT2D eigenvalue weighted by molar-refractivity contribution is 7.09. The lowest BCUT2D eigenvalue weighted by molar-refractivity contribution is -0.126. The SMILES string of the molecule is Cc1ccc([C@H](C(=O)NCc2ccccc2)N(CCc2ccccc2C)C(=O)c2snc(C(N)=O)c2N)o1. The number of carbonyl (C=O) groups is 3. The molecule has 2 aromatic carbocycles. The molecule has 0 radical (unpaired) electrons. The molecule has 2 heterocycles. The highest BCUT2D eigenvalue weighted by Crippen LogP contribution is 2.30. The quantitative estimate of drug-likeness (QED) is 0.284. The third kappa shape index (κ3) is 5.92. The highest BCUT2D eigenvalue weighted by atomic mass is 32.1. The van der Waals surface area contributed by atoms with Crippen LogP contribution in [0.3, 0.4) is 0 Å². The van der Waals surface area contributed by atoms with E-state index in [0.717, 1.165) is 28.2 Å². The normalized spacial score (nSPS) is 11.6. The summed E-state index contributed by atoms with van der Waals surface area (Å²) in [7, 11) is 0. The van der Waals surface area contributed by atoms with Gasteiger partial charge in [0.25, 0.3) is 17.7 Å². The molecule has 3 amide bonds. The third-order valence-electron chi connectivity index (χ3n) is 6.20. The number of hydrogen-bond donors (Lipinski definition) is 3. The smallest absolute Gasteiger partial charge is 0.270 e. The van der Waals surface area contributed by atoms with E-state index >= 15 is 0 Å². The summed E-state index contributed by atoms with van der Waals surface area (Å²) < 4.78 is 9.84. The number of nitrogens with two attached hydrogens (primary N) is 2. The number of rotatable bonds is 10. The van der Waals surface area contributed by atoms with Crippen molar-refractivity contribution in [2.24, 2.45) is 5.73 Å². The molecule has 2 aromatic heterocycles. The van der Waals surface area contributed by atoms with E-state index in [-0.39, 0.29) is 29.3 Å². The van der Waals surface area contributed by atoms with Gasteiger partial charge in [-0.1, -0.05) is 54.6 Å². The molecule has 0 aliphatic rings. The lowest BCUT2D eigenvalue weighted by Crippen LogP contribution is -2.44. The van der Waals surface area contributed by atoms with E-state index in [0.29, 0.717) is 17.9 Å². The van der Waals surface area contributed by atoms with Crippen LogP contribution in [0.1, 0.15) is 54.4 Å². The maximum Gasteiger partial charge on any atom is 0.270 e. The predicted molar refractivity (Wildman–Crippen MR) is 145 cm³/mol. The lowest BCUT2D eigenvalue weighted by Gasteiger charge is -2.30. The molecule has 0 fully saturated rings. The Hall–Kier alpha value is -4.44. The van der Waals surface area contributed by atoms with Crippen molar-refractivity contribution < 1.29 is 18.8 Å². The van der Waals surface area contributed by atoms with Crippen LogP contribution in [0.2, 0.25) is 0 Å². The van der Waals surface area contributed by atoms with Gasteiger partial charge < -0.3 is 26.1 Å². The molecule has 4 rings (SSSR count). The average molecular weight is 532 g/mol. The second kappa shape index (κ2) is 11.7. The van der Waals surface area contributed by atoms with Crippen molar-refractivity contribution in [1.82, 2.24) is 14.6 Å². The number of nitrogen functional groups attached to an aromatic ring is 1. The van der Waals surface area contributed by atoms with Crippen LogP contribution in [0.4, 0.5) is 5.69 Å². The number of furan rings is 1. The van der Waals surface area contributed by atoms with Gasteiger partial charge in [-0.05, 0) is 60.6 Å². The molecule has 0 aliphatic carbocycles. The van der Waals surface area contributed by atoms with E-state index in [2.05, 4.69) is 9.69 Å². The zero-order valence-electron chi connectivity index (χ0n) is 21.1. The van der Waals surface area contributed by atoms with Crippen molar-refractivity contribution in [3.05, 3.63) is 106 Å². The number of nitrogens with one attached hydrogen (secondary N) is 1. The van der Waals surface area contributed by atoms with Crippen LogP contribution in [0.5, 0.6) is 0 Å². The molecule has 5 N–H and O–H groups in total. The number of amides is 3. The Morgan fingerprint density at radius 1 is 1.03 bits per heavy atom. The van der Waals surface area contributed by atoms with Gasteiger partial charge in [-0.3, -0.25) is 14.4 Å². The number of aryl methyl sites for hydroxylation is 2. The van der Waals surface area contributed by atoms with Crippen LogP contribution in [0.25, 0.3) is 0 Å². The predicted octanol–water partition coefficient (Wildman–Crippen LogP) is 3.78. The maximum atomic E-state index is 14.0. The lowest BCUT2D eigenvalue weighted by atomic mass is 10.0. The molecule has 10 heteroatoms. The van der Waals surface area contributed by atoms with Crippen LogP contribution >= 0.6 is 11.5 Å². The molecular weight excluding hydrogens is 502 g/mol. The zero-order chi connectivity index (χ0) is 27.2. The Kier molecular flexibility index (Phi) is 8.22. The van der Waals surface area contributed by atoms with Crippen LogP contribution in [-0.4, -0.2) is 33.5 Å². The van der Waals surface area contributed by atoms with Crippen LogP contribution in [0, 0.1) is 13.8 Å². The van der Waals surface area contributed by atoms with Gasteiger partial charge in [0, 0.05) is 13.1 Å². The molecule has 9 nitrogen and oxygen atoms in total. The van der Waals surface area contributed by atoms with Gasteiger partial charge in [0.15, 0.2) is 11.7 Å². The Morgan fingerprint density at radius 3 is 2.37 bits per heavy atom. The molecule has 4 aromatic rings. The van der Waals surface area contributed by atoms with Crippen LogP contribution in [0.15, 0.2) is 71.1 Å². The molecule has 0 unspecified atom stereocenters. The van der Waals surface area contributed by atoms with E-state index in [9.17, 15) is 14.4 Å². The molecule has 1 atom stereocenters. The average Bonchev–Trinajstić information content (AvgIpc) is 3.51. The maximum absolute atomic E-state index is 14.0. The minimum Gasteiger partial charge on any atom is -0.464 e. The summed E-state index contributed by atoms with van der Waals surface area (Å²) in [6, 6.07) is 19.6. The highest BCUT2D eigenvalue weighted by Gasteiger charge is 2.36. The Morgan fingerprint density at radius 2 is 1.74 bits per heavy atom. The molecule has 0 bridgehead atoms. The van der Waals surface area contributed by atoms with Gasteiger partial charge in [-0.2, -0.15) is 4.37 Å². The Balaban J connectivity index is 1.72. The van der Waals surface area contributed by atoms with Gasteiger partial charge in [0.2, 0.25) is 0 Å². The van der Waals surface area contributed by atoms with E-state index < -0.39 is 23.8 Å². The molecule has 0 saturated heterocycles. The number of hydrogen-bond acceptors (Lipinski definition) is 7. The van der Waals surface area contributed by atoms with Gasteiger partial charge in [-0.25, -0.2) is 0 Å². The largest absolute Gasteiger partial charge is 0.464 e.